The third-order valence-corrected chi connectivity index (χ3v) is 8.90. The fourth-order valence-electron chi connectivity index (χ4n) is 6.58. The van der Waals surface area contributed by atoms with E-state index in [0.29, 0.717) is 47.9 Å². The zero-order valence-electron chi connectivity index (χ0n) is 25.5. The minimum Gasteiger partial charge on any atom is -0.507 e. The number of likely N-dealkylation sites (N-methyl/N-ethyl adjacent to an activating group) is 1. The van der Waals surface area contributed by atoms with Crippen LogP contribution in [0.15, 0.2) is 41.8 Å². The van der Waals surface area contributed by atoms with Gasteiger partial charge in [-0.2, -0.15) is 4.98 Å². The molecule has 234 valence electrons. The van der Waals surface area contributed by atoms with Crippen molar-refractivity contribution in [1.29, 1.82) is 0 Å². The SMILES string of the molecule is C=CC(=O)N1CC(C)N2c3nc(=O)n(-c4c(C)ccnc4C(C)C)c4nc(-c5c(O)ccc(F)c5F)c(Cl)c(c34)N(C)CC2C1. The molecule has 0 saturated carbocycles. The maximum absolute atomic E-state index is 15.4. The Balaban J connectivity index is 1.78. The number of fused-ring (bicyclic) bond motifs is 2. The van der Waals surface area contributed by atoms with Gasteiger partial charge in [0, 0.05) is 38.9 Å². The van der Waals surface area contributed by atoms with Crippen molar-refractivity contribution >= 4 is 40.0 Å². The Morgan fingerprint density at radius 2 is 1.89 bits per heavy atom. The second kappa shape index (κ2) is 11.1. The van der Waals surface area contributed by atoms with E-state index >= 15 is 4.39 Å². The van der Waals surface area contributed by atoms with E-state index in [-0.39, 0.29) is 40.3 Å². The van der Waals surface area contributed by atoms with E-state index in [2.05, 4.69) is 16.5 Å². The number of pyridine rings is 2. The van der Waals surface area contributed by atoms with Crippen molar-refractivity contribution in [3.8, 4) is 22.7 Å². The zero-order chi connectivity index (χ0) is 32.5. The van der Waals surface area contributed by atoms with Gasteiger partial charge in [-0.25, -0.2) is 23.1 Å². The summed E-state index contributed by atoms with van der Waals surface area (Å²) < 4.78 is 31.3. The van der Waals surface area contributed by atoms with Crippen LogP contribution in [0.1, 0.15) is 37.9 Å². The molecule has 2 aliphatic rings. The van der Waals surface area contributed by atoms with E-state index in [0.717, 1.165) is 17.7 Å². The molecule has 5 heterocycles. The average molecular weight is 636 g/mol. The van der Waals surface area contributed by atoms with Gasteiger partial charge in [-0.1, -0.05) is 32.0 Å². The number of piperazine rings is 1. The number of halogens is 3. The van der Waals surface area contributed by atoms with Gasteiger partial charge in [0.1, 0.15) is 17.3 Å². The fourth-order valence-corrected chi connectivity index (χ4v) is 6.96. The lowest BCUT2D eigenvalue weighted by Crippen LogP contribution is -2.61. The summed E-state index contributed by atoms with van der Waals surface area (Å²) in [5, 5.41) is 11.1. The number of carbonyl (C=O) groups excluding carboxylic acids is 1. The van der Waals surface area contributed by atoms with E-state index in [1.807, 2.05) is 37.5 Å². The van der Waals surface area contributed by atoms with E-state index < -0.39 is 28.6 Å². The third kappa shape index (κ3) is 4.70. The number of carbonyl (C=O) groups is 1. The monoisotopic (exact) mass is 635 g/mol. The summed E-state index contributed by atoms with van der Waals surface area (Å²) in [5.74, 6) is -3.11. The van der Waals surface area contributed by atoms with Crippen molar-refractivity contribution in [2.24, 2.45) is 0 Å². The number of rotatable bonds is 4. The number of hydrogen-bond acceptors (Lipinski definition) is 8. The molecule has 2 atom stereocenters. The van der Waals surface area contributed by atoms with Gasteiger partial charge < -0.3 is 19.8 Å². The fraction of sp³-hybridized carbons (Fsp3) is 0.344. The number of aromatic nitrogens is 4. The normalized spacial score (nSPS) is 17.9. The lowest BCUT2D eigenvalue weighted by Gasteiger charge is -2.46. The minimum absolute atomic E-state index is 0.0587. The summed E-state index contributed by atoms with van der Waals surface area (Å²) in [6.07, 6.45) is 2.92. The van der Waals surface area contributed by atoms with E-state index in [9.17, 15) is 19.1 Å². The van der Waals surface area contributed by atoms with Crippen molar-refractivity contribution in [3.63, 3.8) is 0 Å². The van der Waals surface area contributed by atoms with Crippen LogP contribution < -0.4 is 15.5 Å². The van der Waals surface area contributed by atoms with Gasteiger partial charge in [0.2, 0.25) is 5.91 Å². The molecule has 1 amide bonds. The molecule has 2 aliphatic heterocycles. The first kappa shape index (κ1) is 30.4. The Morgan fingerprint density at radius 3 is 2.58 bits per heavy atom. The third-order valence-electron chi connectivity index (χ3n) is 8.54. The first-order valence-electron chi connectivity index (χ1n) is 14.6. The first-order valence-corrected chi connectivity index (χ1v) is 14.9. The molecule has 0 bridgehead atoms. The van der Waals surface area contributed by atoms with Crippen LogP contribution in [-0.4, -0.2) is 74.2 Å². The highest BCUT2D eigenvalue weighted by molar-refractivity contribution is 6.38. The van der Waals surface area contributed by atoms with E-state index in [1.165, 1.54) is 10.6 Å². The number of benzene rings is 1. The number of aryl methyl sites for hydroxylation is 1. The number of phenolic OH excluding ortho intramolecular Hbond substituents is 1. The predicted molar refractivity (Wildman–Crippen MR) is 170 cm³/mol. The average Bonchev–Trinajstić information content (AvgIpc) is 3.11. The van der Waals surface area contributed by atoms with E-state index in [4.69, 9.17) is 16.6 Å². The lowest BCUT2D eigenvalue weighted by molar-refractivity contribution is -0.127. The zero-order valence-corrected chi connectivity index (χ0v) is 26.2. The van der Waals surface area contributed by atoms with Crippen molar-refractivity contribution in [2.45, 2.75) is 45.7 Å². The van der Waals surface area contributed by atoms with Crippen LogP contribution in [0, 0.1) is 18.6 Å². The maximum Gasteiger partial charge on any atom is 0.355 e. The molecule has 1 saturated heterocycles. The first-order chi connectivity index (χ1) is 21.3. The Bertz CT molecular complexity index is 1960. The smallest absolute Gasteiger partial charge is 0.355 e. The number of nitrogens with zero attached hydrogens (tertiary/aromatic N) is 7. The minimum atomic E-state index is -1.33. The molecule has 13 heteroatoms. The van der Waals surface area contributed by atoms with Crippen LogP contribution in [0.25, 0.3) is 28.0 Å². The maximum atomic E-state index is 15.4. The highest BCUT2D eigenvalue weighted by Gasteiger charge is 2.41. The van der Waals surface area contributed by atoms with E-state index in [1.54, 1.807) is 24.2 Å². The molecule has 4 aromatic rings. The number of aromatic hydroxyl groups is 1. The van der Waals surface area contributed by atoms with Gasteiger partial charge in [-0.05, 0) is 49.6 Å². The molecule has 1 fully saturated rings. The summed E-state index contributed by atoms with van der Waals surface area (Å²) in [5.41, 5.74) is 0.813. The number of hydrogen-bond donors (Lipinski definition) is 1. The second-order valence-corrected chi connectivity index (χ2v) is 12.3. The molecule has 2 unspecified atom stereocenters. The van der Waals surface area contributed by atoms with Crippen LogP contribution >= 0.6 is 11.6 Å². The molecule has 1 N–H and O–H groups in total. The largest absolute Gasteiger partial charge is 0.507 e. The number of anilines is 2. The molecule has 0 spiro atoms. The number of amides is 1. The van der Waals surface area contributed by atoms with Gasteiger partial charge >= 0.3 is 5.69 Å². The van der Waals surface area contributed by atoms with Crippen molar-refractivity contribution in [2.75, 3.05) is 36.5 Å². The molecular weight excluding hydrogens is 604 g/mol. The van der Waals surface area contributed by atoms with Crippen LogP contribution in [0.3, 0.4) is 0 Å². The summed E-state index contributed by atoms with van der Waals surface area (Å²) in [4.78, 5) is 46.4. The van der Waals surface area contributed by atoms with Crippen molar-refractivity contribution < 1.29 is 18.7 Å². The number of phenols is 1. The predicted octanol–water partition coefficient (Wildman–Crippen LogP) is 4.95. The standard InChI is InChI=1S/C32H32ClF2N7O3/c1-7-21(44)40-12-17(5)41-18(14-40)13-39(6)29-23-30(37-27(24(29)33)22-20(43)9-8-19(34)25(22)35)42(32(45)38-31(23)41)28-16(4)10-11-36-26(28)15(2)3/h7-11,15,17-18,43H,1,12-14H2,2-6H3. The molecule has 3 aromatic heterocycles. The summed E-state index contributed by atoms with van der Waals surface area (Å²) in [7, 11) is 1.78. The molecule has 6 rings (SSSR count). The summed E-state index contributed by atoms with van der Waals surface area (Å²) >= 11 is 7.05. The summed E-state index contributed by atoms with van der Waals surface area (Å²) in [6.45, 7) is 12.3. The molecule has 1 aromatic carbocycles. The topological polar surface area (TPSA) is 108 Å². The highest BCUT2D eigenvalue weighted by atomic mass is 35.5. The molecule has 0 aliphatic carbocycles. The van der Waals surface area contributed by atoms with Crippen molar-refractivity contribution in [1.82, 2.24) is 24.4 Å². The highest BCUT2D eigenvalue weighted by Crippen LogP contribution is 2.48. The Morgan fingerprint density at radius 1 is 1.16 bits per heavy atom. The quantitative estimate of drug-likeness (QED) is 0.314. The van der Waals surface area contributed by atoms with Gasteiger partial charge in [-0.3, -0.25) is 9.78 Å². The molecule has 10 nitrogen and oxygen atoms in total. The van der Waals surface area contributed by atoms with Crippen LogP contribution in [0.5, 0.6) is 5.75 Å². The van der Waals surface area contributed by atoms with Crippen molar-refractivity contribution in [3.05, 3.63) is 75.4 Å². The Labute approximate surface area is 263 Å². The Kier molecular flexibility index (Phi) is 7.51. The van der Waals surface area contributed by atoms with Gasteiger partial charge in [0.25, 0.3) is 0 Å². The van der Waals surface area contributed by atoms with Gasteiger partial charge in [0.05, 0.1) is 39.1 Å². The van der Waals surface area contributed by atoms with Crippen LogP contribution in [0.2, 0.25) is 5.02 Å². The van der Waals surface area contributed by atoms with Gasteiger partial charge in [0.15, 0.2) is 17.3 Å². The van der Waals surface area contributed by atoms with Crippen LogP contribution in [0.4, 0.5) is 20.3 Å². The Hall–Kier alpha value is -4.58. The lowest BCUT2D eigenvalue weighted by atomic mass is 10.0. The summed E-state index contributed by atoms with van der Waals surface area (Å²) in [6, 6.07) is 3.00. The molecule has 45 heavy (non-hydrogen) atoms. The molecular formula is C32H32ClF2N7O3. The van der Waals surface area contributed by atoms with Crippen LogP contribution in [-0.2, 0) is 4.79 Å². The van der Waals surface area contributed by atoms with Gasteiger partial charge in [-0.15, -0.1) is 0 Å². The molecule has 0 radical (unpaired) electrons. The second-order valence-electron chi connectivity index (χ2n) is 11.9.